The number of hydrogen-bond donors (Lipinski definition) is 1. The fraction of sp³-hybridized carbons (Fsp3) is 0.297. The normalized spacial score (nSPS) is 14.2. The molecule has 1 N–H and O–H groups in total. The monoisotopic (exact) mass is 709 g/mol. The minimum absolute atomic E-state index is 0.0389. The quantitative estimate of drug-likeness (QED) is 0.163. The second kappa shape index (κ2) is 16.0. The molecular weight excluding hydrogens is 672 g/mol. The van der Waals surface area contributed by atoms with Crippen molar-refractivity contribution >= 4 is 50.7 Å². The summed E-state index contributed by atoms with van der Waals surface area (Å²) in [7, 11) is -4.32. The van der Waals surface area contributed by atoms with Crippen LogP contribution < -0.4 is 9.62 Å². The first-order valence-corrected chi connectivity index (χ1v) is 18.1. The second-order valence-corrected chi connectivity index (χ2v) is 14.7. The lowest BCUT2D eigenvalue weighted by Gasteiger charge is -2.35. The van der Waals surface area contributed by atoms with E-state index in [0.717, 1.165) is 59.7 Å². The van der Waals surface area contributed by atoms with Gasteiger partial charge in [-0.1, -0.05) is 96.6 Å². The predicted octanol–water partition coefficient (Wildman–Crippen LogP) is 7.73. The Morgan fingerprint density at radius 3 is 2.10 bits per heavy atom. The number of carbonyl (C=O) groups is 2. The van der Waals surface area contributed by atoms with Gasteiger partial charge in [0, 0.05) is 34.6 Å². The molecule has 0 bridgehead atoms. The molecule has 1 aliphatic rings. The molecule has 11 heteroatoms. The summed E-state index contributed by atoms with van der Waals surface area (Å²) >= 11 is 13.2. The van der Waals surface area contributed by atoms with Gasteiger partial charge in [-0.05, 0) is 73.9 Å². The van der Waals surface area contributed by atoms with Gasteiger partial charge in [-0.2, -0.15) is 0 Å². The Balaban J connectivity index is 1.59. The van der Waals surface area contributed by atoms with Crippen molar-refractivity contribution in [1.29, 1.82) is 0 Å². The van der Waals surface area contributed by atoms with Crippen LogP contribution in [0, 0.1) is 12.7 Å². The largest absolute Gasteiger partial charge is 0.352 e. The van der Waals surface area contributed by atoms with Gasteiger partial charge in [0.2, 0.25) is 11.8 Å². The highest BCUT2D eigenvalue weighted by Crippen LogP contribution is 2.29. The van der Waals surface area contributed by atoms with Crippen LogP contribution >= 0.6 is 23.2 Å². The van der Waals surface area contributed by atoms with E-state index in [2.05, 4.69) is 5.32 Å². The molecule has 0 unspecified atom stereocenters. The highest BCUT2D eigenvalue weighted by molar-refractivity contribution is 7.92. The van der Waals surface area contributed by atoms with Gasteiger partial charge >= 0.3 is 0 Å². The summed E-state index contributed by atoms with van der Waals surface area (Å²) in [6, 6.07) is 24.3. The van der Waals surface area contributed by atoms with Gasteiger partial charge in [-0.25, -0.2) is 12.8 Å². The van der Waals surface area contributed by atoms with Crippen LogP contribution in [0.15, 0.2) is 102 Å². The third kappa shape index (κ3) is 8.75. The fourth-order valence-electron chi connectivity index (χ4n) is 5.93. The molecule has 1 atom stereocenters. The molecule has 0 aromatic heterocycles. The maximum absolute atomic E-state index is 14.7. The number of aryl methyl sites for hydroxylation is 1. The summed E-state index contributed by atoms with van der Waals surface area (Å²) in [5.74, 6) is -1.57. The van der Waals surface area contributed by atoms with E-state index in [-0.39, 0.29) is 35.5 Å². The second-order valence-electron chi connectivity index (χ2n) is 12.1. The number of hydrogen-bond acceptors (Lipinski definition) is 4. The van der Waals surface area contributed by atoms with Gasteiger partial charge in [0.1, 0.15) is 18.4 Å². The van der Waals surface area contributed by atoms with E-state index in [9.17, 15) is 22.4 Å². The minimum atomic E-state index is -4.32. The fourth-order valence-corrected chi connectivity index (χ4v) is 7.86. The topological polar surface area (TPSA) is 86.8 Å². The molecule has 1 aliphatic carbocycles. The molecule has 48 heavy (non-hydrogen) atoms. The first kappa shape index (κ1) is 35.4. The maximum Gasteiger partial charge on any atom is 0.264 e. The molecule has 4 aromatic rings. The first-order valence-electron chi connectivity index (χ1n) is 15.9. The molecule has 1 saturated carbocycles. The smallest absolute Gasteiger partial charge is 0.264 e. The summed E-state index contributed by atoms with van der Waals surface area (Å²) in [5.41, 5.74) is 2.18. The Morgan fingerprint density at radius 1 is 0.854 bits per heavy atom. The average molecular weight is 711 g/mol. The molecule has 0 spiro atoms. The van der Waals surface area contributed by atoms with Gasteiger partial charge in [0.15, 0.2) is 0 Å². The molecule has 5 rings (SSSR count). The summed E-state index contributed by atoms with van der Waals surface area (Å²) in [6.07, 6.45) is 4.92. The molecular formula is C37H38Cl2FN3O4S. The zero-order valence-corrected chi connectivity index (χ0v) is 28.9. The van der Waals surface area contributed by atoms with E-state index in [0.29, 0.717) is 15.6 Å². The van der Waals surface area contributed by atoms with E-state index in [4.69, 9.17) is 23.2 Å². The SMILES string of the molecule is Cc1ccc(S(=O)(=O)N(CC(=O)N(Cc2c(Cl)cccc2Cl)[C@@H](Cc2ccccc2)C(=O)NC2CCCCC2)c2ccc(F)cc2)cc1. The van der Waals surface area contributed by atoms with E-state index in [1.54, 1.807) is 30.3 Å². The predicted molar refractivity (Wildman–Crippen MR) is 188 cm³/mol. The molecule has 7 nitrogen and oxygen atoms in total. The third-order valence-corrected chi connectivity index (χ3v) is 11.1. The van der Waals surface area contributed by atoms with E-state index >= 15 is 0 Å². The van der Waals surface area contributed by atoms with Crippen molar-refractivity contribution in [2.24, 2.45) is 0 Å². The van der Waals surface area contributed by atoms with Crippen LogP contribution in [-0.2, 0) is 32.6 Å². The molecule has 0 heterocycles. The lowest BCUT2D eigenvalue weighted by atomic mass is 9.94. The summed E-state index contributed by atoms with van der Waals surface area (Å²) < 4.78 is 43.3. The van der Waals surface area contributed by atoms with Crippen molar-refractivity contribution in [3.05, 3.63) is 130 Å². The Kier molecular flexibility index (Phi) is 11.8. The number of sulfonamides is 1. The van der Waals surface area contributed by atoms with Crippen molar-refractivity contribution in [3.8, 4) is 0 Å². The first-order chi connectivity index (χ1) is 23.0. The van der Waals surface area contributed by atoms with Gasteiger partial charge in [-0.3, -0.25) is 13.9 Å². The van der Waals surface area contributed by atoms with Crippen LogP contribution in [0.4, 0.5) is 10.1 Å². The number of carbonyl (C=O) groups excluding carboxylic acids is 2. The summed E-state index contributed by atoms with van der Waals surface area (Å²) in [4.78, 5) is 30.2. The maximum atomic E-state index is 14.7. The van der Waals surface area contributed by atoms with Gasteiger partial charge in [0.05, 0.1) is 10.6 Å². The zero-order valence-electron chi connectivity index (χ0n) is 26.6. The lowest BCUT2D eigenvalue weighted by Crippen LogP contribution is -2.55. The van der Waals surface area contributed by atoms with Crippen LogP contribution in [0.1, 0.15) is 48.8 Å². The lowest BCUT2D eigenvalue weighted by molar-refractivity contribution is -0.140. The van der Waals surface area contributed by atoms with E-state index in [1.165, 1.54) is 29.2 Å². The number of benzene rings is 4. The molecule has 0 saturated heterocycles. The van der Waals surface area contributed by atoms with Crippen LogP contribution in [0.5, 0.6) is 0 Å². The third-order valence-electron chi connectivity index (χ3n) is 8.62. The van der Waals surface area contributed by atoms with Crippen LogP contribution in [0.2, 0.25) is 10.0 Å². The van der Waals surface area contributed by atoms with E-state index in [1.807, 2.05) is 37.3 Å². The van der Waals surface area contributed by atoms with Gasteiger partial charge in [-0.15, -0.1) is 0 Å². The minimum Gasteiger partial charge on any atom is -0.352 e. The van der Waals surface area contributed by atoms with Crippen molar-refractivity contribution in [1.82, 2.24) is 10.2 Å². The highest BCUT2D eigenvalue weighted by atomic mass is 35.5. The molecule has 0 radical (unpaired) electrons. The van der Waals surface area contributed by atoms with Crippen molar-refractivity contribution in [3.63, 3.8) is 0 Å². The standard InChI is InChI=1S/C37H38Cl2FN3O4S/c1-26-15-21-31(22-16-26)48(46,47)43(30-19-17-28(40)18-20-30)25-36(44)42(24-32-33(38)13-8-14-34(32)39)35(23-27-9-4-2-5-10-27)37(45)41-29-11-6-3-7-12-29/h2,4-5,8-10,13-22,29,35H,3,6-7,11-12,23-25H2,1H3,(H,41,45)/t35-/m0/s1. The van der Waals surface area contributed by atoms with E-state index < -0.39 is 34.3 Å². The van der Waals surface area contributed by atoms with Crippen LogP contribution in [-0.4, -0.2) is 43.8 Å². The summed E-state index contributed by atoms with van der Waals surface area (Å²) in [5, 5.41) is 3.77. The molecule has 0 aliphatic heterocycles. The zero-order chi connectivity index (χ0) is 34.3. The van der Waals surface area contributed by atoms with Crippen molar-refractivity contribution in [2.75, 3.05) is 10.8 Å². The van der Waals surface area contributed by atoms with Crippen molar-refractivity contribution < 1.29 is 22.4 Å². The Hall–Kier alpha value is -3.92. The van der Waals surface area contributed by atoms with Crippen molar-refractivity contribution in [2.45, 2.75) is 69.0 Å². The number of amides is 2. The number of anilines is 1. The van der Waals surface area contributed by atoms with Crippen LogP contribution in [0.3, 0.4) is 0 Å². The molecule has 4 aromatic carbocycles. The number of nitrogens with one attached hydrogen (secondary N) is 1. The number of halogens is 3. The Morgan fingerprint density at radius 2 is 1.48 bits per heavy atom. The highest BCUT2D eigenvalue weighted by Gasteiger charge is 2.36. The Bertz CT molecular complexity index is 1800. The van der Waals surface area contributed by atoms with Gasteiger partial charge < -0.3 is 10.2 Å². The number of rotatable bonds is 12. The average Bonchev–Trinajstić information content (AvgIpc) is 3.08. The van der Waals surface area contributed by atoms with Crippen LogP contribution in [0.25, 0.3) is 0 Å². The summed E-state index contributed by atoms with van der Waals surface area (Å²) in [6.45, 7) is 1.00. The molecule has 252 valence electrons. The molecule has 1 fully saturated rings. The Labute approximate surface area is 291 Å². The van der Waals surface area contributed by atoms with Gasteiger partial charge in [0.25, 0.3) is 10.0 Å². The molecule has 2 amide bonds. The number of nitrogens with zero attached hydrogens (tertiary/aromatic N) is 2.